The minimum atomic E-state index is -0.510. The quantitative estimate of drug-likeness (QED) is 0.697. The summed E-state index contributed by atoms with van der Waals surface area (Å²) in [6, 6.07) is 10.3. The van der Waals surface area contributed by atoms with Crippen molar-refractivity contribution in [1.29, 1.82) is 5.26 Å². The first-order valence-electron chi connectivity index (χ1n) is 7.91. The SMILES string of the molecule is COCOC(Cc1ccoc1)CC1(C#N)Cc2cc(OC)ccc21. The van der Waals surface area contributed by atoms with Crippen molar-refractivity contribution >= 4 is 0 Å². The molecule has 0 radical (unpaired) electrons. The van der Waals surface area contributed by atoms with E-state index in [9.17, 15) is 5.26 Å². The molecule has 2 aromatic rings. The summed E-state index contributed by atoms with van der Waals surface area (Å²) in [7, 11) is 3.25. The second kappa shape index (κ2) is 7.08. The van der Waals surface area contributed by atoms with Crippen LogP contribution in [0.25, 0.3) is 0 Å². The Morgan fingerprint density at radius 3 is 2.83 bits per heavy atom. The molecule has 0 spiro atoms. The summed E-state index contributed by atoms with van der Waals surface area (Å²) in [5.41, 5.74) is 2.79. The molecule has 0 saturated carbocycles. The lowest BCUT2D eigenvalue weighted by Crippen LogP contribution is -2.41. The van der Waals surface area contributed by atoms with Crippen LogP contribution in [0.1, 0.15) is 23.1 Å². The van der Waals surface area contributed by atoms with Gasteiger partial charge in [-0.1, -0.05) is 6.07 Å². The van der Waals surface area contributed by atoms with Crippen LogP contribution in [0.15, 0.2) is 41.2 Å². The summed E-state index contributed by atoms with van der Waals surface area (Å²) >= 11 is 0. The summed E-state index contributed by atoms with van der Waals surface area (Å²) in [6.07, 6.45) is 5.27. The second-order valence-electron chi connectivity index (χ2n) is 6.13. The van der Waals surface area contributed by atoms with Gasteiger partial charge in [0.1, 0.15) is 12.5 Å². The van der Waals surface area contributed by atoms with Crippen LogP contribution in [-0.2, 0) is 27.7 Å². The molecular weight excluding hydrogens is 306 g/mol. The molecule has 5 nitrogen and oxygen atoms in total. The van der Waals surface area contributed by atoms with E-state index in [0.29, 0.717) is 19.3 Å². The van der Waals surface area contributed by atoms with Gasteiger partial charge in [-0.25, -0.2) is 0 Å². The highest BCUT2D eigenvalue weighted by Gasteiger charge is 2.45. The Hall–Kier alpha value is -2.29. The molecule has 24 heavy (non-hydrogen) atoms. The molecule has 0 bridgehead atoms. The molecule has 1 aromatic heterocycles. The number of ether oxygens (including phenoxy) is 3. The maximum atomic E-state index is 9.82. The van der Waals surface area contributed by atoms with E-state index in [0.717, 1.165) is 16.9 Å². The first-order valence-corrected chi connectivity index (χ1v) is 7.91. The molecule has 1 heterocycles. The van der Waals surface area contributed by atoms with Gasteiger partial charge in [0, 0.05) is 13.5 Å². The Kier molecular flexibility index (Phi) is 4.89. The zero-order valence-corrected chi connectivity index (χ0v) is 14.0. The Balaban J connectivity index is 1.77. The lowest BCUT2D eigenvalue weighted by Gasteiger charge is -2.40. The van der Waals surface area contributed by atoms with Crippen molar-refractivity contribution in [3.05, 3.63) is 53.5 Å². The number of hydrogen-bond donors (Lipinski definition) is 0. The molecule has 5 heteroatoms. The zero-order chi connectivity index (χ0) is 17.0. The van der Waals surface area contributed by atoms with E-state index in [-0.39, 0.29) is 12.9 Å². The summed E-state index contributed by atoms with van der Waals surface area (Å²) in [5, 5.41) is 9.82. The van der Waals surface area contributed by atoms with Gasteiger partial charge in [-0.05, 0) is 47.7 Å². The number of furan rings is 1. The molecular formula is C19H21NO4. The largest absolute Gasteiger partial charge is 0.497 e. The fraction of sp³-hybridized carbons (Fsp3) is 0.421. The monoisotopic (exact) mass is 327 g/mol. The molecule has 0 aliphatic heterocycles. The first-order chi connectivity index (χ1) is 11.7. The van der Waals surface area contributed by atoms with Crippen molar-refractivity contribution in [2.24, 2.45) is 0 Å². The predicted molar refractivity (Wildman–Crippen MR) is 87.8 cm³/mol. The van der Waals surface area contributed by atoms with Gasteiger partial charge in [-0.3, -0.25) is 0 Å². The third kappa shape index (κ3) is 3.16. The van der Waals surface area contributed by atoms with E-state index in [2.05, 4.69) is 6.07 Å². The van der Waals surface area contributed by atoms with Gasteiger partial charge in [-0.15, -0.1) is 0 Å². The van der Waals surface area contributed by atoms with Crippen molar-refractivity contribution in [1.82, 2.24) is 0 Å². The lowest BCUT2D eigenvalue weighted by atomic mass is 9.62. The van der Waals surface area contributed by atoms with Crippen molar-refractivity contribution in [2.45, 2.75) is 30.8 Å². The molecule has 0 saturated heterocycles. The van der Waals surface area contributed by atoms with Gasteiger partial charge in [0.2, 0.25) is 0 Å². The third-order valence-electron chi connectivity index (χ3n) is 4.58. The minimum absolute atomic E-state index is 0.113. The highest BCUT2D eigenvalue weighted by Crippen LogP contribution is 2.46. The van der Waals surface area contributed by atoms with E-state index >= 15 is 0 Å². The molecule has 2 unspecified atom stereocenters. The highest BCUT2D eigenvalue weighted by atomic mass is 16.7. The maximum Gasteiger partial charge on any atom is 0.146 e. The fourth-order valence-electron chi connectivity index (χ4n) is 3.37. The Bertz CT molecular complexity index is 719. The van der Waals surface area contributed by atoms with Crippen molar-refractivity contribution in [3.63, 3.8) is 0 Å². The highest BCUT2D eigenvalue weighted by molar-refractivity contribution is 5.53. The topological polar surface area (TPSA) is 64.6 Å². The van der Waals surface area contributed by atoms with E-state index in [1.54, 1.807) is 26.7 Å². The molecule has 1 aromatic carbocycles. The molecule has 0 amide bonds. The Morgan fingerprint density at radius 2 is 2.21 bits per heavy atom. The lowest BCUT2D eigenvalue weighted by molar-refractivity contribution is -0.0787. The number of benzene rings is 1. The van der Waals surface area contributed by atoms with Gasteiger partial charge in [-0.2, -0.15) is 5.26 Å². The van der Waals surface area contributed by atoms with Crippen molar-refractivity contribution in [3.8, 4) is 11.8 Å². The minimum Gasteiger partial charge on any atom is -0.497 e. The Labute approximate surface area is 141 Å². The molecule has 126 valence electrons. The van der Waals surface area contributed by atoms with E-state index in [1.807, 2.05) is 24.3 Å². The molecule has 0 N–H and O–H groups in total. The summed E-state index contributed by atoms with van der Waals surface area (Å²) in [5.74, 6) is 0.825. The molecule has 1 aliphatic carbocycles. The van der Waals surface area contributed by atoms with Gasteiger partial charge in [0.15, 0.2) is 0 Å². The average molecular weight is 327 g/mol. The molecule has 1 aliphatic rings. The normalized spacial score (nSPS) is 19.9. The van der Waals surface area contributed by atoms with Gasteiger partial charge in [0.25, 0.3) is 0 Å². The van der Waals surface area contributed by atoms with Crippen LogP contribution >= 0.6 is 0 Å². The van der Waals surface area contributed by atoms with Crippen LogP contribution in [0.2, 0.25) is 0 Å². The van der Waals surface area contributed by atoms with E-state index in [4.69, 9.17) is 18.6 Å². The fourth-order valence-corrected chi connectivity index (χ4v) is 3.37. The van der Waals surface area contributed by atoms with Crippen LogP contribution < -0.4 is 4.74 Å². The standard InChI is InChI=1S/C19H21NO4/c1-21-13-24-17(7-14-5-6-23-11-14)10-19(12-20)9-15-8-16(22-2)3-4-18(15)19/h3-6,8,11,17H,7,9-10,13H2,1-2H3. The van der Waals surface area contributed by atoms with Crippen LogP contribution in [0, 0.1) is 11.3 Å². The zero-order valence-electron chi connectivity index (χ0n) is 14.0. The van der Waals surface area contributed by atoms with Crippen molar-refractivity contribution in [2.75, 3.05) is 21.0 Å². The predicted octanol–water partition coefficient (Wildman–Crippen LogP) is 3.23. The van der Waals surface area contributed by atoms with Crippen molar-refractivity contribution < 1.29 is 18.6 Å². The number of rotatable bonds is 8. The Morgan fingerprint density at radius 1 is 1.33 bits per heavy atom. The van der Waals surface area contributed by atoms with Crippen LogP contribution in [0.3, 0.4) is 0 Å². The smallest absolute Gasteiger partial charge is 0.146 e. The van der Waals surface area contributed by atoms with E-state index < -0.39 is 5.41 Å². The van der Waals surface area contributed by atoms with Gasteiger partial charge >= 0.3 is 0 Å². The average Bonchev–Trinajstić information content (AvgIpc) is 3.09. The van der Waals surface area contributed by atoms with Crippen LogP contribution in [-0.4, -0.2) is 27.1 Å². The molecule has 3 rings (SSSR count). The summed E-state index contributed by atoms with van der Waals surface area (Å²) < 4.78 is 21.3. The van der Waals surface area contributed by atoms with E-state index in [1.165, 1.54) is 5.56 Å². The summed E-state index contributed by atoms with van der Waals surface area (Å²) in [4.78, 5) is 0. The molecule has 0 fully saturated rings. The number of nitriles is 1. The summed E-state index contributed by atoms with van der Waals surface area (Å²) in [6.45, 7) is 0.208. The number of hydrogen-bond acceptors (Lipinski definition) is 5. The van der Waals surface area contributed by atoms with Gasteiger partial charge < -0.3 is 18.6 Å². The van der Waals surface area contributed by atoms with Crippen LogP contribution in [0.5, 0.6) is 5.75 Å². The number of nitrogens with zero attached hydrogens (tertiary/aromatic N) is 1. The van der Waals surface area contributed by atoms with Gasteiger partial charge in [0.05, 0.1) is 37.2 Å². The molecule has 2 atom stereocenters. The maximum absolute atomic E-state index is 9.82. The number of fused-ring (bicyclic) bond motifs is 1. The third-order valence-corrected chi connectivity index (χ3v) is 4.58. The van der Waals surface area contributed by atoms with Crippen LogP contribution in [0.4, 0.5) is 0 Å². The number of methoxy groups -OCH3 is 2. The first kappa shape index (κ1) is 16.6. The second-order valence-corrected chi connectivity index (χ2v) is 6.13.